The van der Waals surface area contributed by atoms with Gasteiger partial charge in [0.05, 0.1) is 6.21 Å². The number of amides is 2. The van der Waals surface area contributed by atoms with Gasteiger partial charge in [0.2, 0.25) is 5.91 Å². The van der Waals surface area contributed by atoms with Crippen LogP contribution in [0.3, 0.4) is 0 Å². The monoisotopic (exact) mass is 364 g/mol. The van der Waals surface area contributed by atoms with Crippen LogP contribution in [0.1, 0.15) is 41.3 Å². The van der Waals surface area contributed by atoms with E-state index in [0.717, 1.165) is 24.2 Å². The molecule has 0 spiro atoms. The molecule has 140 valence electrons. The Balaban J connectivity index is 1.59. The lowest BCUT2D eigenvalue weighted by molar-refractivity contribution is -0.114. The number of carbonyl (C=O) groups is 2. The summed E-state index contributed by atoms with van der Waals surface area (Å²) in [5.41, 5.74) is 7.00. The molecule has 0 aromatic heterocycles. The van der Waals surface area contributed by atoms with Gasteiger partial charge in [-0.1, -0.05) is 6.07 Å². The van der Waals surface area contributed by atoms with Crippen molar-refractivity contribution in [3.8, 4) is 0 Å². The molecular formula is C21H24N4O2. The van der Waals surface area contributed by atoms with Gasteiger partial charge in [0.25, 0.3) is 5.91 Å². The zero-order chi connectivity index (χ0) is 19.2. The van der Waals surface area contributed by atoms with Gasteiger partial charge in [-0.3, -0.25) is 9.59 Å². The average molecular weight is 364 g/mol. The molecule has 27 heavy (non-hydrogen) atoms. The van der Waals surface area contributed by atoms with Crippen molar-refractivity contribution < 1.29 is 9.59 Å². The Bertz CT molecular complexity index is 853. The second kappa shape index (κ2) is 8.49. The van der Waals surface area contributed by atoms with Crippen LogP contribution in [0.5, 0.6) is 0 Å². The van der Waals surface area contributed by atoms with Crippen LogP contribution in [0.15, 0.2) is 47.6 Å². The quantitative estimate of drug-likeness (QED) is 0.631. The predicted molar refractivity (Wildman–Crippen MR) is 108 cm³/mol. The Morgan fingerprint density at radius 3 is 2.41 bits per heavy atom. The van der Waals surface area contributed by atoms with Crippen LogP contribution >= 0.6 is 0 Å². The fourth-order valence-electron chi connectivity index (χ4n) is 3.11. The van der Waals surface area contributed by atoms with Crippen molar-refractivity contribution in [1.82, 2.24) is 5.43 Å². The van der Waals surface area contributed by atoms with Crippen LogP contribution in [-0.4, -0.2) is 31.1 Å². The van der Waals surface area contributed by atoms with Crippen LogP contribution in [-0.2, 0) is 4.79 Å². The van der Waals surface area contributed by atoms with Crippen LogP contribution in [0.2, 0.25) is 0 Å². The lowest BCUT2D eigenvalue weighted by Crippen LogP contribution is -2.18. The Morgan fingerprint density at radius 2 is 1.78 bits per heavy atom. The second-order valence-electron chi connectivity index (χ2n) is 6.69. The Labute approximate surface area is 159 Å². The summed E-state index contributed by atoms with van der Waals surface area (Å²) in [7, 11) is 0. The lowest BCUT2D eigenvalue weighted by atomic mass is 10.1. The van der Waals surface area contributed by atoms with Crippen LogP contribution in [0.4, 0.5) is 11.4 Å². The first-order chi connectivity index (χ1) is 13.0. The maximum Gasteiger partial charge on any atom is 0.271 e. The topological polar surface area (TPSA) is 73.8 Å². The Morgan fingerprint density at radius 1 is 1.07 bits per heavy atom. The van der Waals surface area contributed by atoms with Crippen molar-refractivity contribution >= 4 is 29.4 Å². The van der Waals surface area contributed by atoms with Gasteiger partial charge < -0.3 is 10.2 Å². The molecule has 1 aliphatic heterocycles. The number of hydrogen-bond acceptors (Lipinski definition) is 4. The highest BCUT2D eigenvalue weighted by Gasteiger charge is 2.12. The molecule has 1 heterocycles. The van der Waals surface area contributed by atoms with E-state index in [4.69, 9.17) is 0 Å². The molecule has 3 rings (SSSR count). The summed E-state index contributed by atoms with van der Waals surface area (Å²) >= 11 is 0. The SMILES string of the molecule is CC(=O)Nc1ccc(C(=O)N/N=C/c2ccc(N3CCCC3)cc2C)cc1. The number of hydrogen-bond donors (Lipinski definition) is 2. The summed E-state index contributed by atoms with van der Waals surface area (Å²) < 4.78 is 0. The summed E-state index contributed by atoms with van der Waals surface area (Å²) in [6.45, 7) is 5.71. The number of hydrazone groups is 1. The van der Waals surface area contributed by atoms with E-state index in [2.05, 4.69) is 32.9 Å². The molecule has 1 aliphatic rings. The molecule has 2 amide bonds. The fourth-order valence-corrected chi connectivity index (χ4v) is 3.11. The van der Waals surface area contributed by atoms with E-state index >= 15 is 0 Å². The smallest absolute Gasteiger partial charge is 0.271 e. The molecule has 1 saturated heterocycles. The number of anilines is 2. The van der Waals surface area contributed by atoms with Crippen LogP contribution in [0.25, 0.3) is 0 Å². The summed E-state index contributed by atoms with van der Waals surface area (Å²) in [5.74, 6) is -0.449. The molecule has 2 N–H and O–H groups in total. The molecule has 2 aromatic carbocycles. The highest BCUT2D eigenvalue weighted by molar-refractivity contribution is 5.96. The third-order valence-electron chi connectivity index (χ3n) is 4.56. The van der Waals surface area contributed by atoms with Crippen LogP contribution in [0, 0.1) is 6.92 Å². The van der Waals surface area contributed by atoms with E-state index in [-0.39, 0.29) is 11.8 Å². The van der Waals surface area contributed by atoms with Crippen molar-refractivity contribution in [2.75, 3.05) is 23.3 Å². The molecule has 0 aliphatic carbocycles. The summed E-state index contributed by atoms with van der Waals surface area (Å²) in [4.78, 5) is 25.6. The maximum atomic E-state index is 12.2. The number of nitrogens with zero attached hydrogens (tertiary/aromatic N) is 2. The van der Waals surface area contributed by atoms with Crippen molar-refractivity contribution in [3.63, 3.8) is 0 Å². The van der Waals surface area contributed by atoms with E-state index in [9.17, 15) is 9.59 Å². The fraction of sp³-hybridized carbons (Fsp3) is 0.286. The number of rotatable bonds is 5. The van der Waals surface area contributed by atoms with E-state index in [1.807, 2.05) is 13.0 Å². The van der Waals surface area contributed by atoms with E-state index in [1.165, 1.54) is 25.5 Å². The van der Waals surface area contributed by atoms with Crippen molar-refractivity contribution in [2.45, 2.75) is 26.7 Å². The minimum atomic E-state index is -0.299. The Kier molecular flexibility index (Phi) is 5.86. The van der Waals surface area contributed by atoms with E-state index in [1.54, 1.807) is 30.5 Å². The Hall–Kier alpha value is -3.15. The molecule has 0 saturated carbocycles. The summed E-state index contributed by atoms with van der Waals surface area (Å²) in [5, 5.41) is 6.73. The molecule has 6 nitrogen and oxygen atoms in total. The molecule has 1 fully saturated rings. The highest BCUT2D eigenvalue weighted by Crippen LogP contribution is 2.22. The predicted octanol–water partition coefficient (Wildman–Crippen LogP) is 3.32. The lowest BCUT2D eigenvalue weighted by Gasteiger charge is -2.18. The molecular weight excluding hydrogens is 340 g/mol. The normalized spacial score (nSPS) is 13.8. The van der Waals surface area contributed by atoms with Gasteiger partial charge in [0, 0.05) is 37.0 Å². The van der Waals surface area contributed by atoms with Gasteiger partial charge in [-0.05, 0) is 67.3 Å². The van der Waals surface area contributed by atoms with Gasteiger partial charge in [0.1, 0.15) is 0 Å². The number of carbonyl (C=O) groups excluding carboxylic acids is 2. The minimum Gasteiger partial charge on any atom is -0.372 e. The zero-order valence-electron chi connectivity index (χ0n) is 15.7. The second-order valence-corrected chi connectivity index (χ2v) is 6.69. The first-order valence-corrected chi connectivity index (χ1v) is 9.09. The van der Waals surface area contributed by atoms with Crippen molar-refractivity contribution in [3.05, 3.63) is 59.2 Å². The third kappa shape index (κ3) is 4.94. The van der Waals surface area contributed by atoms with Gasteiger partial charge in [0.15, 0.2) is 0 Å². The molecule has 0 unspecified atom stereocenters. The molecule has 0 atom stereocenters. The maximum absolute atomic E-state index is 12.2. The van der Waals surface area contributed by atoms with Gasteiger partial charge >= 0.3 is 0 Å². The van der Waals surface area contributed by atoms with E-state index in [0.29, 0.717) is 11.3 Å². The van der Waals surface area contributed by atoms with E-state index < -0.39 is 0 Å². The number of benzene rings is 2. The first-order valence-electron chi connectivity index (χ1n) is 9.09. The number of nitrogens with one attached hydrogen (secondary N) is 2. The first kappa shape index (κ1) is 18.6. The molecule has 2 aromatic rings. The van der Waals surface area contributed by atoms with Gasteiger partial charge in [-0.15, -0.1) is 0 Å². The van der Waals surface area contributed by atoms with Crippen LogP contribution < -0.4 is 15.6 Å². The minimum absolute atomic E-state index is 0.150. The van der Waals surface area contributed by atoms with Crippen molar-refractivity contribution in [2.24, 2.45) is 5.10 Å². The highest BCUT2D eigenvalue weighted by atomic mass is 16.2. The van der Waals surface area contributed by atoms with Gasteiger partial charge in [-0.2, -0.15) is 5.10 Å². The molecule has 0 radical (unpaired) electrons. The van der Waals surface area contributed by atoms with Crippen molar-refractivity contribution in [1.29, 1.82) is 0 Å². The number of aryl methyl sites for hydroxylation is 1. The largest absolute Gasteiger partial charge is 0.372 e. The zero-order valence-corrected chi connectivity index (χ0v) is 15.7. The molecule has 0 bridgehead atoms. The summed E-state index contributed by atoms with van der Waals surface area (Å²) in [6.07, 6.45) is 4.16. The molecule has 6 heteroatoms. The standard InChI is InChI=1S/C21H24N4O2/c1-15-13-20(25-11-3-4-12-25)10-7-18(15)14-22-24-21(27)17-5-8-19(9-6-17)23-16(2)26/h5-10,13-14H,3-4,11-12H2,1-2H3,(H,23,26)(H,24,27)/b22-14+. The summed E-state index contributed by atoms with van der Waals surface area (Å²) in [6, 6.07) is 12.9. The van der Waals surface area contributed by atoms with Gasteiger partial charge in [-0.25, -0.2) is 5.43 Å². The average Bonchev–Trinajstić information content (AvgIpc) is 3.18. The third-order valence-corrected chi connectivity index (χ3v) is 4.56.